The summed E-state index contributed by atoms with van der Waals surface area (Å²) in [6, 6.07) is 4.03. The topological polar surface area (TPSA) is 79.1 Å². The Bertz CT molecular complexity index is 605. The summed E-state index contributed by atoms with van der Waals surface area (Å²) in [4.78, 5) is 18.6. The van der Waals surface area contributed by atoms with E-state index in [0.29, 0.717) is 13.1 Å². The summed E-state index contributed by atoms with van der Waals surface area (Å²) in [7, 11) is 0. The van der Waals surface area contributed by atoms with E-state index in [2.05, 4.69) is 21.9 Å². The fourth-order valence-corrected chi connectivity index (χ4v) is 3.00. The summed E-state index contributed by atoms with van der Waals surface area (Å²) in [5.74, 6) is 2.70. The minimum absolute atomic E-state index is 0. The summed E-state index contributed by atoms with van der Waals surface area (Å²) in [6.45, 7) is 8.46. The fourth-order valence-electron chi connectivity index (χ4n) is 2.72. The third-order valence-electron chi connectivity index (χ3n) is 3.99. The van der Waals surface area contributed by atoms with Crippen molar-refractivity contribution in [3.8, 4) is 0 Å². The number of nitrogens with zero attached hydrogens (tertiary/aromatic N) is 2. The standard InChI is InChI=1S/C19H32N4O3S.HI/c1-19(2,3)26-18(24)23-11-8-15(14-23)22-17(21-10-13-27-4)20-9-7-16-6-5-12-25-16;/h5-6,12,15H,7-11,13-14H2,1-4H3,(H2,20,21,22);1H. The van der Waals surface area contributed by atoms with Crippen molar-refractivity contribution in [1.29, 1.82) is 0 Å². The van der Waals surface area contributed by atoms with E-state index in [1.54, 1.807) is 22.9 Å². The zero-order valence-electron chi connectivity index (χ0n) is 17.2. The number of nitrogens with one attached hydrogen (secondary N) is 2. The smallest absolute Gasteiger partial charge is 0.410 e. The van der Waals surface area contributed by atoms with E-state index in [1.807, 2.05) is 32.9 Å². The number of thioether (sulfide) groups is 1. The first-order valence-electron chi connectivity index (χ1n) is 9.41. The lowest BCUT2D eigenvalue weighted by molar-refractivity contribution is 0.0292. The number of hydrogen-bond donors (Lipinski definition) is 2. The number of furan rings is 1. The van der Waals surface area contributed by atoms with Crippen LogP contribution in [-0.2, 0) is 11.2 Å². The number of hydrogen-bond acceptors (Lipinski definition) is 5. The van der Waals surface area contributed by atoms with E-state index in [-0.39, 0.29) is 36.1 Å². The number of rotatable bonds is 7. The largest absolute Gasteiger partial charge is 0.469 e. The Morgan fingerprint density at radius 2 is 2.25 bits per heavy atom. The van der Waals surface area contributed by atoms with E-state index in [0.717, 1.165) is 43.4 Å². The van der Waals surface area contributed by atoms with Crippen molar-refractivity contribution < 1.29 is 13.9 Å². The molecule has 1 aromatic heterocycles. The number of guanidine groups is 1. The van der Waals surface area contributed by atoms with Gasteiger partial charge >= 0.3 is 6.09 Å². The molecule has 1 amide bonds. The summed E-state index contributed by atoms with van der Waals surface area (Å²) in [6.07, 6.45) is 5.18. The Balaban J connectivity index is 0.00000392. The molecule has 0 aromatic carbocycles. The highest BCUT2D eigenvalue weighted by Gasteiger charge is 2.30. The molecule has 9 heteroatoms. The van der Waals surface area contributed by atoms with E-state index in [1.165, 1.54) is 0 Å². The highest BCUT2D eigenvalue weighted by Crippen LogP contribution is 2.15. The molecule has 0 bridgehead atoms. The van der Waals surface area contributed by atoms with Gasteiger partial charge in [-0.3, -0.25) is 4.99 Å². The predicted octanol–water partition coefficient (Wildman–Crippen LogP) is 3.35. The first kappa shape index (κ1) is 24.9. The molecule has 1 aromatic rings. The molecule has 1 atom stereocenters. The average molecular weight is 524 g/mol. The minimum Gasteiger partial charge on any atom is -0.469 e. The molecule has 0 radical (unpaired) electrons. The van der Waals surface area contributed by atoms with Gasteiger partial charge in [-0.25, -0.2) is 4.79 Å². The number of carbonyl (C=O) groups excluding carboxylic acids is 1. The summed E-state index contributed by atoms with van der Waals surface area (Å²) in [5, 5.41) is 6.81. The predicted molar refractivity (Wildman–Crippen MR) is 126 cm³/mol. The van der Waals surface area contributed by atoms with Crippen LogP contribution in [-0.4, -0.2) is 66.8 Å². The van der Waals surface area contributed by atoms with Crippen LogP contribution in [0.3, 0.4) is 0 Å². The number of likely N-dealkylation sites (tertiary alicyclic amines) is 1. The first-order valence-corrected chi connectivity index (χ1v) is 10.8. The zero-order valence-corrected chi connectivity index (χ0v) is 20.3. The van der Waals surface area contributed by atoms with Gasteiger partial charge in [0.1, 0.15) is 11.4 Å². The Kier molecular flexibility index (Phi) is 11.1. The maximum Gasteiger partial charge on any atom is 0.410 e. The molecule has 2 N–H and O–H groups in total. The van der Waals surface area contributed by atoms with Gasteiger partial charge in [0.05, 0.1) is 12.8 Å². The molecule has 1 aliphatic rings. The van der Waals surface area contributed by atoms with Gasteiger partial charge in [0.25, 0.3) is 0 Å². The van der Waals surface area contributed by atoms with Crippen LogP contribution in [0.25, 0.3) is 0 Å². The van der Waals surface area contributed by atoms with E-state index in [4.69, 9.17) is 9.15 Å². The number of halogens is 1. The molecule has 0 aliphatic carbocycles. The van der Waals surface area contributed by atoms with Crippen molar-refractivity contribution in [2.45, 2.75) is 45.3 Å². The molecule has 160 valence electrons. The summed E-state index contributed by atoms with van der Waals surface area (Å²) >= 11 is 1.77. The molecule has 7 nitrogen and oxygen atoms in total. The maximum atomic E-state index is 12.2. The molecular weight excluding hydrogens is 491 g/mol. The molecule has 1 fully saturated rings. The maximum absolute atomic E-state index is 12.2. The third kappa shape index (κ3) is 9.40. The minimum atomic E-state index is -0.472. The Labute approximate surface area is 189 Å². The van der Waals surface area contributed by atoms with E-state index in [9.17, 15) is 4.79 Å². The highest BCUT2D eigenvalue weighted by atomic mass is 127. The lowest BCUT2D eigenvalue weighted by Gasteiger charge is -2.24. The van der Waals surface area contributed by atoms with Gasteiger partial charge in [0.15, 0.2) is 5.96 Å². The van der Waals surface area contributed by atoms with Crippen molar-refractivity contribution in [1.82, 2.24) is 15.5 Å². The number of carbonyl (C=O) groups is 1. The van der Waals surface area contributed by atoms with Crippen LogP contribution in [0.2, 0.25) is 0 Å². The second-order valence-corrected chi connectivity index (χ2v) is 8.52. The van der Waals surface area contributed by atoms with Crippen molar-refractivity contribution in [2.24, 2.45) is 4.99 Å². The quantitative estimate of drug-likeness (QED) is 0.247. The van der Waals surface area contributed by atoms with E-state index < -0.39 is 5.60 Å². The second kappa shape index (κ2) is 12.5. The molecule has 2 rings (SSSR count). The average Bonchev–Trinajstić information content (AvgIpc) is 3.25. The molecule has 1 aliphatic heterocycles. The molecule has 0 spiro atoms. The monoisotopic (exact) mass is 524 g/mol. The molecule has 1 saturated heterocycles. The van der Waals surface area contributed by atoms with Gasteiger partial charge in [-0.1, -0.05) is 0 Å². The lowest BCUT2D eigenvalue weighted by Crippen LogP contribution is -2.46. The van der Waals surface area contributed by atoms with Gasteiger partial charge in [-0.15, -0.1) is 24.0 Å². The molecule has 0 saturated carbocycles. The van der Waals surface area contributed by atoms with Crippen molar-refractivity contribution in [3.05, 3.63) is 24.2 Å². The number of amides is 1. The van der Waals surface area contributed by atoms with Crippen LogP contribution in [0, 0.1) is 0 Å². The molecular formula is C19H33IN4O3S. The van der Waals surface area contributed by atoms with Crippen LogP contribution in [0.1, 0.15) is 33.0 Å². The molecule has 28 heavy (non-hydrogen) atoms. The molecule has 1 unspecified atom stereocenters. The van der Waals surface area contributed by atoms with Crippen LogP contribution in [0.5, 0.6) is 0 Å². The van der Waals surface area contributed by atoms with Crippen LogP contribution in [0.15, 0.2) is 27.8 Å². The Morgan fingerprint density at radius 3 is 2.89 bits per heavy atom. The first-order chi connectivity index (χ1) is 12.9. The van der Waals surface area contributed by atoms with Gasteiger partial charge in [-0.2, -0.15) is 11.8 Å². The van der Waals surface area contributed by atoms with Gasteiger partial charge < -0.3 is 24.7 Å². The van der Waals surface area contributed by atoms with Gasteiger partial charge in [0, 0.05) is 37.8 Å². The molecule has 2 heterocycles. The van der Waals surface area contributed by atoms with Crippen molar-refractivity contribution in [3.63, 3.8) is 0 Å². The number of ether oxygens (including phenoxy) is 1. The zero-order chi connectivity index (χ0) is 19.7. The van der Waals surface area contributed by atoms with Crippen LogP contribution >= 0.6 is 35.7 Å². The Hall–Kier alpha value is -1.10. The second-order valence-electron chi connectivity index (χ2n) is 7.54. The SMILES string of the molecule is CSCCN=C(NCCc1ccco1)NC1CCN(C(=O)OC(C)(C)C)C1.I. The Morgan fingerprint density at radius 1 is 1.46 bits per heavy atom. The summed E-state index contributed by atoms with van der Waals surface area (Å²) in [5.41, 5.74) is -0.472. The van der Waals surface area contributed by atoms with Crippen LogP contribution < -0.4 is 10.6 Å². The van der Waals surface area contributed by atoms with Crippen molar-refractivity contribution >= 4 is 47.8 Å². The fraction of sp³-hybridized carbons (Fsp3) is 0.684. The van der Waals surface area contributed by atoms with Crippen molar-refractivity contribution in [2.75, 3.05) is 38.2 Å². The lowest BCUT2D eigenvalue weighted by atomic mass is 10.2. The normalized spacial score (nSPS) is 17.2. The van der Waals surface area contributed by atoms with Gasteiger partial charge in [-0.05, 0) is 45.6 Å². The van der Waals surface area contributed by atoms with Crippen LogP contribution in [0.4, 0.5) is 4.79 Å². The number of aliphatic imine (C=N–C) groups is 1. The van der Waals surface area contributed by atoms with E-state index >= 15 is 0 Å². The third-order valence-corrected chi connectivity index (χ3v) is 4.58. The summed E-state index contributed by atoms with van der Waals surface area (Å²) < 4.78 is 10.8. The highest BCUT2D eigenvalue weighted by molar-refractivity contribution is 14.0. The van der Waals surface area contributed by atoms with Gasteiger partial charge in [0.2, 0.25) is 0 Å².